The van der Waals surface area contributed by atoms with Crippen LogP contribution in [0.3, 0.4) is 0 Å². The summed E-state index contributed by atoms with van der Waals surface area (Å²) in [5, 5.41) is -4.55. The molecule has 2 aromatic rings. The van der Waals surface area contributed by atoms with Crippen molar-refractivity contribution in [2.75, 3.05) is 6.61 Å². The van der Waals surface area contributed by atoms with E-state index in [2.05, 4.69) is 4.74 Å². The number of halogens is 2. The van der Waals surface area contributed by atoms with Crippen molar-refractivity contribution in [3.63, 3.8) is 0 Å². The number of hydrogen-bond donors (Lipinski definition) is 1. The van der Waals surface area contributed by atoms with Crippen molar-refractivity contribution in [1.29, 1.82) is 0 Å². The average Bonchev–Trinajstić information content (AvgIpc) is 2.52. The molecular weight excluding hydrogens is 353 g/mol. The zero-order valence-electron chi connectivity index (χ0n) is 13.6. The van der Waals surface area contributed by atoms with E-state index in [4.69, 9.17) is 4.55 Å². The predicted molar refractivity (Wildman–Crippen MR) is 79.8 cm³/mol. The Morgan fingerprint density at radius 1 is 1.04 bits per heavy atom. The van der Waals surface area contributed by atoms with Crippen LogP contribution in [0.25, 0.3) is 11.1 Å². The molecule has 0 spiro atoms. The zero-order valence-corrected chi connectivity index (χ0v) is 15.5. The van der Waals surface area contributed by atoms with Crippen LogP contribution in [-0.4, -0.2) is 30.8 Å². The Morgan fingerprint density at radius 3 is 2.04 bits per heavy atom. The van der Waals surface area contributed by atoms with E-state index < -0.39 is 27.9 Å². The molecule has 1 N–H and O–H groups in total. The van der Waals surface area contributed by atoms with Gasteiger partial charge < -0.3 is 6.16 Å². The second-order valence-electron chi connectivity index (χ2n) is 4.63. The molecule has 0 atom stereocenters. The van der Waals surface area contributed by atoms with Gasteiger partial charge in [0.25, 0.3) is 0 Å². The molecule has 0 saturated heterocycles. The van der Waals surface area contributed by atoms with Crippen LogP contribution in [0.15, 0.2) is 54.6 Å². The van der Waals surface area contributed by atoms with E-state index in [1.54, 1.807) is 12.1 Å². The van der Waals surface area contributed by atoms with Crippen LogP contribution in [0.4, 0.5) is 8.78 Å². The SMILES string of the molecule is O=C(OCC(F)(F)S(=O)(=O)O)c1ccc(-c2ccccc2)cc1.[H-].[Na+]. The molecule has 0 fully saturated rings. The van der Waals surface area contributed by atoms with Gasteiger partial charge in [0.05, 0.1) is 5.56 Å². The molecule has 0 aromatic heterocycles. The fourth-order valence-corrected chi connectivity index (χ4v) is 1.94. The van der Waals surface area contributed by atoms with Crippen molar-refractivity contribution in [3.05, 3.63) is 60.2 Å². The molecule has 24 heavy (non-hydrogen) atoms. The third kappa shape index (κ3) is 5.09. The predicted octanol–water partition coefficient (Wildman–Crippen LogP) is 0.107. The maximum atomic E-state index is 13.0. The Hall–Kier alpha value is -1.32. The molecule has 0 heterocycles. The molecule has 2 rings (SSSR count). The molecule has 5 nitrogen and oxygen atoms in total. The van der Waals surface area contributed by atoms with Crippen LogP contribution in [0.5, 0.6) is 0 Å². The van der Waals surface area contributed by atoms with Crippen LogP contribution in [0.2, 0.25) is 0 Å². The summed E-state index contributed by atoms with van der Waals surface area (Å²) in [5.41, 5.74) is 1.70. The number of alkyl halides is 2. The third-order valence-electron chi connectivity index (χ3n) is 2.98. The first-order valence-electron chi connectivity index (χ1n) is 6.38. The van der Waals surface area contributed by atoms with Crippen LogP contribution < -0.4 is 29.6 Å². The molecule has 124 valence electrons. The summed E-state index contributed by atoms with van der Waals surface area (Å²) in [6.45, 7) is -1.76. The van der Waals surface area contributed by atoms with E-state index in [9.17, 15) is 22.0 Å². The molecule has 2 aromatic carbocycles. The first kappa shape index (κ1) is 20.7. The third-order valence-corrected chi connectivity index (χ3v) is 3.85. The fraction of sp³-hybridized carbons (Fsp3) is 0.133. The van der Waals surface area contributed by atoms with Gasteiger partial charge in [-0.3, -0.25) is 4.55 Å². The largest absolute Gasteiger partial charge is 1.00 e. The first-order valence-corrected chi connectivity index (χ1v) is 7.82. The normalized spacial score (nSPS) is 11.5. The molecule has 0 unspecified atom stereocenters. The molecule has 0 aliphatic carbocycles. The number of esters is 1. The van der Waals surface area contributed by atoms with Gasteiger partial charge in [0.2, 0.25) is 0 Å². The second kappa shape index (κ2) is 8.17. The molecule has 0 aliphatic rings. The van der Waals surface area contributed by atoms with Gasteiger partial charge in [-0.05, 0) is 23.3 Å². The molecule has 0 amide bonds. The van der Waals surface area contributed by atoms with E-state index >= 15 is 0 Å². The van der Waals surface area contributed by atoms with Crippen LogP contribution >= 0.6 is 0 Å². The van der Waals surface area contributed by atoms with E-state index in [1.807, 2.05) is 30.3 Å². The van der Waals surface area contributed by atoms with E-state index in [-0.39, 0.29) is 36.5 Å². The zero-order chi connectivity index (χ0) is 17.1. The fourth-order valence-electron chi connectivity index (χ4n) is 1.74. The van der Waals surface area contributed by atoms with Crippen molar-refractivity contribution < 1.29 is 62.3 Å². The number of hydrogen-bond acceptors (Lipinski definition) is 4. The summed E-state index contributed by atoms with van der Waals surface area (Å²) in [6, 6.07) is 15.2. The number of carbonyl (C=O) groups is 1. The summed E-state index contributed by atoms with van der Waals surface area (Å²) in [7, 11) is -5.63. The van der Waals surface area contributed by atoms with E-state index in [1.165, 1.54) is 12.1 Å². The topological polar surface area (TPSA) is 80.7 Å². The number of carbonyl (C=O) groups excluding carboxylic acids is 1. The first-order chi connectivity index (χ1) is 10.7. The van der Waals surface area contributed by atoms with Gasteiger partial charge in [-0.2, -0.15) is 17.2 Å². The van der Waals surface area contributed by atoms with E-state index in [0.29, 0.717) is 0 Å². The Balaban J connectivity index is 0.00000288. The second-order valence-corrected chi connectivity index (χ2v) is 6.18. The van der Waals surface area contributed by atoms with Gasteiger partial charge in [-0.25, -0.2) is 4.79 Å². The molecule has 9 heteroatoms. The molecular formula is C15H13F2NaO5S. The van der Waals surface area contributed by atoms with Crippen LogP contribution in [-0.2, 0) is 14.9 Å². The molecule has 0 aliphatic heterocycles. The standard InChI is InChI=1S/C15H12F2O5S.Na.H/c16-15(17,23(19,20)21)10-22-14(18)13-8-6-12(7-9-13)11-4-2-1-3-5-11;;/h1-9H,10H2,(H,19,20,21);;/q;+1;-1. The Morgan fingerprint density at radius 2 is 1.54 bits per heavy atom. The maximum absolute atomic E-state index is 13.0. The van der Waals surface area contributed by atoms with Gasteiger partial charge in [0.1, 0.15) is 0 Å². The minimum absolute atomic E-state index is 0. The Bertz CT molecular complexity index is 798. The molecule has 0 saturated carbocycles. The van der Waals surface area contributed by atoms with E-state index in [0.717, 1.165) is 11.1 Å². The number of rotatable bonds is 5. The summed E-state index contributed by atoms with van der Waals surface area (Å²) in [5.74, 6) is -1.12. The van der Waals surface area contributed by atoms with Gasteiger partial charge in [-0.15, -0.1) is 0 Å². The van der Waals surface area contributed by atoms with Crippen molar-refractivity contribution in [1.82, 2.24) is 0 Å². The van der Waals surface area contributed by atoms with Crippen molar-refractivity contribution in [3.8, 4) is 11.1 Å². The van der Waals surface area contributed by atoms with Crippen LogP contribution in [0, 0.1) is 0 Å². The van der Waals surface area contributed by atoms with Crippen molar-refractivity contribution in [2.45, 2.75) is 5.25 Å². The summed E-state index contributed by atoms with van der Waals surface area (Å²) >= 11 is 0. The summed E-state index contributed by atoms with van der Waals surface area (Å²) in [4.78, 5) is 11.6. The van der Waals surface area contributed by atoms with Gasteiger partial charge in [0.15, 0.2) is 6.61 Å². The minimum atomic E-state index is -5.63. The Kier molecular flexibility index (Phi) is 7.06. The molecule has 0 radical (unpaired) electrons. The minimum Gasteiger partial charge on any atom is -1.00 e. The number of ether oxygens (including phenoxy) is 1. The number of benzene rings is 2. The molecule has 0 bridgehead atoms. The quantitative estimate of drug-likeness (QED) is 0.462. The monoisotopic (exact) mass is 366 g/mol. The summed E-state index contributed by atoms with van der Waals surface area (Å²) < 4.78 is 59.3. The maximum Gasteiger partial charge on any atom is 1.00 e. The summed E-state index contributed by atoms with van der Waals surface area (Å²) in [6.07, 6.45) is 0. The van der Waals surface area contributed by atoms with Crippen molar-refractivity contribution >= 4 is 16.1 Å². The van der Waals surface area contributed by atoms with Crippen LogP contribution in [0.1, 0.15) is 11.8 Å². The Labute approximate surface area is 161 Å². The van der Waals surface area contributed by atoms with Gasteiger partial charge in [0, 0.05) is 0 Å². The smallest absolute Gasteiger partial charge is 1.00 e. The van der Waals surface area contributed by atoms with Gasteiger partial charge >= 0.3 is 50.9 Å². The van der Waals surface area contributed by atoms with Gasteiger partial charge in [-0.1, -0.05) is 42.5 Å². The average molecular weight is 366 g/mol. The van der Waals surface area contributed by atoms with Crippen molar-refractivity contribution in [2.24, 2.45) is 0 Å².